The van der Waals surface area contributed by atoms with Crippen LogP contribution in [0.25, 0.3) is 0 Å². The number of hydrogen-bond acceptors (Lipinski definition) is 4. The Bertz CT molecular complexity index is 423. The Morgan fingerprint density at radius 2 is 2.00 bits per heavy atom. The first-order valence-corrected chi connectivity index (χ1v) is 6.08. The van der Waals surface area contributed by atoms with Crippen LogP contribution in [0.4, 0.5) is 0 Å². The van der Waals surface area contributed by atoms with Crippen LogP contribution in [0.15, 0.2) is 35.7 Å². The number of benzene rings is 1. The molecule has 1 N–H and O–H groups in total. The molecule has 0 fully saturated rings. The van der Waals surface area contributed by atoms with Crippen molar-refractivity contribution in [2.75, 3.05) is 0 Å². The summed E-state index contributed by atoms with van der Waals surface area (Å²) in [6, 6.07) is 10.4. The lowest BCUT2D eigenvalue weighted by Crippen LogP contribution is -2.35. The van der Waals surface area contributed by atoms with Gasteiger partial charge >= 0.3 is 0 Å². The zero-order valence-corrected chi connectivity index (χ0v) is 10.3. The van der Waals surface area contributed by atoms with E-state index in [0.717, 1.165) is 12.2 Å². The molecule has 3 nitrogen and oxygen atoms in total. The van der Waals surface area contributed by atoms with Crippen molar-refractivity contribution in [3.8, 4) is 0 Å². The van der Waals surface area contributed by atoms with Gasteiger partial charge in [0.25, 0.3) is 0 Å². The minimum atomic E-state index is -0.0507. The van der Waals surface area contributed by atoms with Crippen LogP contribution in [0.3, 0.4) is 0 Å². The van der Waals surface area contributed by atoms with Crippen LogP contribution in [0.5, 0.6) is 0 Å². The molecule has 2 rings (SSSR count). The molecular formula is C12H15N3S. The molecule has 0 aliphatic heterocycles. The van der Waals surface area contributed by atoms with Crippen LogP contribution >= 0.6 is 11.5 Å². The monoisotopic (exact) mass is 233 g/mol. The molecule has 0 radical (unpaired) electrons. The van der Waals surface area contributed by atoms with Crippen molar-refractivity contribution in [2.24, 2.45) is 0 Å². The molecule has 0 atom stereocenters. The average molecular weight is 233 g/mol. The van der Waals surface area contributed by atoms with Crippen molar-refractivity contribution >= 4 is 11.5 Å². The summed E-state index contributed by atoms with van der Waals surface area (Å²) in [6.07, 6.45) is 0. The van der Waals surface area contributed by atoms with Crippen LogP contribution in [-0.2, 0) is 12.1 Å². The van der Waals surface area contributed by atoms with Gasteiger partial charge in [0, 0.05) is 17.5 Å². The fraction of sp³-hybridized carbons (Fsp3) is 0.333. The van der Waals surface area contributed by atoms with E-state index >= 15 is 0 Å². The molecular weight excluding hydrogens is 218 g/mol. The highest BCUT2D eigenvalue weighted by Crippen LogP contribution is 2.19. The first-order valence-electron chi connectivity index (χ1n) is 5.25. The summed E-state index contributed by atoms with van der Waals surface area (Å²) >= 11 is 1.38. The second-order valence-electron chi connectivity index (χ2n) is 4.24. The van der Waals surface area contributed by atoms with E-state index in [9.17, 15) is 0 Å². The van der Waals surface area contributed by atoms with Gasteiger partial charge in [-0.2, -0.15) is 0 Å². The molecule has 16 heavy (non-hydrogen) atoms. The Kier molecular flexibility index (Phi) is 3.31. The summed E-state index contributed by atoms with van der Waals surface area (Å²) in [5.74, 6) is 0. The molecule has 0 aliphatic rings. The van der Waals surface area contributed by atoms with E-state index in [1.807, 2.05) is 11.4 Å². The van der Waals surface area contributed by atoms with Gasteiger partial charge in [0.05, 0.1) is 5.69 Å². The molecule has 0 bridgehead atoms. The smallest absolute Gasteiger partial charge is 0.0893 e. The molecule has 1 aromatic carbocycles. The van der Waals surface area contributed by atoms with Gasteiger partial charge in [0.15, 0.2) is 0 Å². The summed E-state index contributed by atoms with van der Waals surface area (Å²) in [5.41, 5.74) is 2.22. The molecule has 0 saturated carbocycles. The van der Waals surface area contributed by atoms with Gasteiger partial charge in [-0.3, -0.25) is 0 Å². The Hall–Kier alpha value is -1.26. The molecule has 0 amide bonds. The maximum atomic E-state index is 4.02. The highest BCUT2D eigenvalue weighted by atomic mass is 32.1. The molecule has 0 saturated heterocycles. The third kappa shape index (κ3) is 2.65. The lowest BCUT2D eigenvalue weighted by molar-refractivity contribution is 0.398. The van der Waals surface area contributed by atoms with E-state index in [4.69, 9.17) is 0 Å². The van der Waals surface area contributed by atoms with Gasteiger partial charge in [-0.1, -0.05) is 34.8 Å². The standard InChI is InChI=1S/C12H15N3S/c1-12(2,10-6-4-3-5-7-10)13-8-11-9-16-15-14-11/h3-7,9,13H,8H2,1-2H3. The number of aromatic nitrogens is 2. The molecule has 84 valence electrons. The van der Waals surface area contributed by atoms with E-state index in [1.165, 1.54) is 17.1 Å². The lowest BCUT2D eigenvalue weighted by atomic mass is 9.94. The topological polar surface area (TPSA) is 37.8 Å². The molecule has 1 heterocycles. The van der Waals surface area contributed by atoms with Crippen LogP contribution in [0.2, 0.25) is 0 Å². The normalized spacial score (nSPS) is 11.6. The van der Waals surface area contributed by atoms with Crippen molar-refractivity contribution in [1.29, 1.82) is 0 Å². The Balaban J connectivity index is 2.03. The zero-order chi connectivity index (χ0) is 11.4. The van der Waals surface area contributed by atoms with E-state index < -0.39 is 0 Å². The van der Waals surface area contributed by atoms with E-state index in [-0.39, 0.29) is 5.54 Å². The van der Waals surface area contributed by atoms with Crippen LogP contribution in [-0.4, -0.2) is 9.59 Å². The van der Waals surface area contributed by atoms with E-state index in [2.05, 4.69) is 53.0 Å². The Morgan fingerprint density at radius 1 is 1.25 bits per heavy atom. The second kappa shape index (κ2) is 4.72. The number of nitrogens with zero attached hydrogens (tertiary/aromatic N) is 2. The summed E-state index contributed by atoms with van der Waals surface area (Å²) in [4.78, 5) is 0. The van der Waals surface area contributed by atoms with Gasteiger partial charge in [-0.25, -0.2) is 0 Å². The molecule has 1 aromatic heterocycles. The van der Waals surface area contributed by atoms with Crippen LogP contribution in [0.1, 0.15) is 25.1 Å². The third-order valence-corrected chi connectivity index (χ3v) is 3.17. The number of rotatable bonds is 4. The molecule has 0 spiro atoms. The first-order chi connectivity index (χ1) is 7.68. The van der Waals surface area contributed by atoms with Crippen molar-refractivity contribution < 1.29 is 0 Å². The van der Waals surface area contributed by atoms with Gasteiger partial charge < -0.3 is 5.32 Å². The van der Waals surface area contributed by atoms with Crippen molar-refractivity contribution in [3.63, 3.8) is 0 Å². The summed E-state index contributed by atoms with van der Waals surface area (Å²) in [7, 11) is 0. The number of hydrogen-bond donors (Lipinski definition) is 1. The largest absolute Gasteiger partial charge is 0.302 e. The Morgan fingerprint density at radius 3 is 2.62 bits per heavy atom. The summed E-state index contributed by atoms with van der Waals surface area (Å²) in [6.45, 7) is 5.09. The maximum Gasteiger partial charge on any atom is 0.0893 e. The lowest BCUT2D eigenvalue weighted by Gasteiger charge is -2.26. The fourth-order valence-corrected chi connectivity index (χ4v) is 1.98. The minimum absolute atomic E-state index is 0.0507. The van der Waals surface area contributed by atoms with Gasteiger partial charge in [0.1, 0.15) is 0 Å². The molecule has 0 unspecified atom stereocenters. The van der Waals surface area contributed by atoms with Gasteiger partial charge in [-0.15, -0.1) is 5.10 Å². The number of nitrogens with one attached hydrogen (secondary N) is 1. The molecule has 0 aliphatic carbocycles. The minimum Gasteiger partial charge on any atom is -0.302 e. The zero-order valence-electron chi connectivity index (χ0n) is 9.47. The highest BCUT2D eigenvalue weighted by molar-refractivity contribution is 7.03. The van der Waals surface area contributed by atoms with E-state index in [1.54, 1.807) is 0 Å². The van der Waals surface area contributed by atoms with Crippen molar-refractivity contribution in [1.82, 2.24) is 14.9 Å². The maximum absolute atomic E-state index is 4.02. The van der Waals surface area contributed by atoms with Gasteiger partial charge in [0.2, 0.25) is 0 Å². The van der Waals surface area contributed by atoms with Crippen molar-refractivity contribution in [2.45, 2.75) is 25.9 Å². The Labute approximate surface area is 99.7 Å². The summed E-state index contributed by atoms with van der Waals surface area (Å²) < 4.78 is 3.85. The third-order valence-electron chi connectivity index (χ3n) is 2.61. The predicted octanol–water partition coefficient (Wildman–Crippen LogP) is 2.56. The van der Waals surface area contributed by atoms with E-state index in [0.29, 0.717) is 0 Å². The first kappa shape index (κ1) is 11.2. The van der Waals surface area contributed by atoms with Crippen molar-refractivity contribution in [3.05, 3.63) is 47.0 Å². The molecule has 2 aromatic rings. The predicted molar refractivity (Wildman–Crippen MR) is 66.2 cm³/mol. The average Bonchev–Trinajstić information content (AvgIpc) is 2.81. The van der Waals surface area contributed by atoms with Crippen LogP contribution < -0.4 is 5.32 Å². The quantitative estimate of drug-likeness (QED) is 0.882. The summed E-state index contributed by atoms with van der Waals surface area (Å²) in [5, 5.41) is 9.47. The molecule has 4 heteroatoms. The van der Waals surface area contributed by atoms with Gasteiger partial charge in [-0.05, 0) is 30.9 Å². The SMILES string of the molecule is CC(C)(NCc1csnn1)c1ccccc1. The fourth-order valence-electron chi connectivity index (χ4n) is 1.53. The second-order valence-corrected chi connectivity index (χ2v) is 4.85. The van der Waals surface area contributed by atoms with Crippen LogP contribution in [0, 0.1) is 0 Å². The highest BCUT2D eigenvalue weighted by Gasteiger charge is 2.19.